The summed E-state index contributed by atoms with van der Waals surface area (Å²) in [7, 11) is 3.18. The first-order chi connectivity index (χ1) is 17.9. The summed E-state index contributed by atoms with van der Waals surface area (Å²) in [6, 6.07) is 28.7. The summed E-state index contributed by atoms with van der Waals surface area (Å²) < 4.78 is 5.56. The van der Waals surface area contributed by atoms with Crippen molar-refractivity contribution in [3.8, 4) is 0 Å². The third kappa shape index (κ3) is 5.35. The molecule has 7 nitrogen and oxygen atoms in total. The molecule has 2 aromatic heterocycles. The Kier molecular flexibility index (Phi) is 7.21. The number of rotatable bonds is 8. The highest BCUT2D eigenvalue weighted by atomic mass is 79.9. The average molecular weight is 558 g/mol. The lowest BCUT2D eigenvalue weighted by Crippen LogP contribution is -2.37. The van der Waals surface area contributed by atoms with E-state index in [2.05, 4.69) is 45.1 Å². The second-order valence-electron chi connectivity index (χ2n) is 9.23. The van der Waals surface area contributed by atoms with Gasteiger partial charge in [0.15, 0.2) is 11.2 Å². The number of halogens is 1. The summed E-state index contributed by atoms with van der Waals surface area (Å²) in [4.78, 5) is 33.2. The Morgan fingerprint density at radius 3 is 1.86 bits per heavy atom. The quantitative estimate of drug-likeness (QED) is 0.283. The molecule has 0 atom stereocenters. The van der Waals surface area contributed by atoms with Crippen molar-refractivity contribution in [2.45, 2.75) is 26.2 Å². The van der Waals surface area contributed by atoms with Crippen LogP contribution in [0.2, 0.25) is 0 Å². The Balaban J connectivity index is 1.62. The summed E-state index contributed by atoms with van der Waals surface area (Å²) in [5, 5.41) is 0. The van der Waals surface area contributed by atoms with Gasteiger partial charge in [0.05, 0.1) is 6.54 Å². The first-order valence-corrected chi connectivity index (χ1v) is 12.9. The topological polar surface area (TPSA) is 65.1 Å². The summed E-state index contributed by atoms with van der Waals surface area (Å²) in [5.41, 5.74) is 3.53. The summed E-state index contributed by atoms with van der Waals surface area (Å²) in [6.07, 6.45) is 0. The molecule has 0 aliphatic carbocycles. The van der Waals surface area contributed by atoms with Crippen LogP contribution in [0.4, 0.5) is 0 Å². The maximum Gasteiger partial charge on any atom is 0.332 e. The van der Waals surface area contributed by atoms with Crippen molar-refractivity contribution in [3.63, 3.8) is 0 Å². The molecule has 8 heteroatoms. The molecule has 0 aliphatic heterocycles. The van der Waals surface area contributed by atoms with Crippen LogP contribution in [-0.2, 0) is 40.3 Å². The molecule has 0 N–H and O–H groups in total. The van der Waals surface area contributed by atoms with E-state index in [-0.39, 0.29) is 11.2 Å². The molecule has 0 fully saturated rings. The average Bonchev–Trinajstić information content (AvgIpc) is 3.26. The predicted octanol–water partition coefficient (Wildman–Crippen LogP) is 4.45. The van der Waals surface area contributed by atoms with Crippen molar-refractivity contribution in [1.82, 2.24) is 23.6 Å². The molecule has 0 spiro atoms. The van der Waals surface area contributed by atoms with Gasteiger partial charge in [-0.3, -0.25) is 18.8 Å². The van der Waals surface area contributed by atoms with Crippen LogP contribution in [0.3, 0.4) is 0 Å². The molecule has 0 bridgehead atoms. The molecular weight excluding hydrogens is 530 g/mol. The van der Waals surface area contributed by atoms with E-state index < -0.39 is 0 Å². The van der Waals surface area contributed by atoms with E-state index in [1.807, 2.05) is 65.2 Å². The van der Waals surface area contributed by atoms with Crippen LogP contribution in [0.25, 0.3) is 11.2 Å². The number of aryl methyl sites for hydroxylation is 1. The molecule has 5 aromatic rings. The van der Waals surface area contributed by atoms with Crippen molar-refractivity contribution in [1.29, 1.82) is 0 Å². The van der Waals surface area contributed by atoms with Crippen LogP contribution < -0.4 is 11.2 Å². The monoisotopic (exact) mass is 557 g/mol. The number of aromatic nitrogens is 4. The first-order valence-electron chi connectivity index (χ1n) is 12.1. The number of fused-ring (bicyclic) bond motifs is 1. The highest BCUT2D eigenvalue weighted by Crippen LogP contribution is 2.20. The highest BCUT2D eigenvalue weighted by molar-refractivity contribution is 9.10. The van der Waals surface area contributed by atoms with Gasteiger partial charge in [-0.15, -0.1) is 0 Å². The smallest absolute Gasteiger partial charge is 0.317 e. The van der Waals surface area contributed by atoms with Gasteiger partial charge in [-0.2, -0.15) is 0 Å². The van der Waals surface area contributed by atoms with Crippen molar-refractivity contribution < 1.29 is 0 Å². The van der Waals surface area contributed by atoms with Gasteiger partial charge in [0.1, 0.15) is 5.82 Å². The molecular formula is C29H28BrN5O2. The zero-order chi connectivity index (χ0) is 25.9. The molecule has 0 saturated carbocycles. The van der Waals surface area contributed by atoms with E-state index in [4.69, 9.17) is 4.98 Å². The summed E-state index contributed by atoms with van der Waals surface area (Å²) >= 11 is 3.49. The maximum absolute atomic E-state index is 13.3. The fraction of sp³-hybridized carbons (Fsp3) is 0.207. The second kappa shape index (κ2) is 10.7. The lowest BCUT2D eigenvalue weighted by molar-refractivity contribution is 0.238. The molecule has 0 aliphatic rings. The number of benzene rings is 3. The second-order valence-corrected chi connectivity index (χ2v) is 10.2. The summed E-state index contributed by atoms with van der Waals surface area (Å²) in [5.74, 6) is 0.739. The van der Waals surface area contributed by atoms with Crippen LogP contribution in [0.15, 0.2) is 99.0 Å². The molecule has 0 radical (unpaired) electrons. The third-order valence-electron chi connectivity index (χ3n) is 6.54. The largest absolute Gasteiger partial charge is 0.332 e. The van der Waals surface area contributed by atoms with Gasteiger partial charge in [0.2, 0.25) is 0 Å². The van der Waals surface area contributed by atoms with E-state index in [1.54, 1.807) is 7.05 Å². The Bertz CT molecular complexity index is 1600. The minimum absolute atomic E-state index is 0.341. The lowest BCUT2D eigenvalue weighted by Gasteiger charge is -2.23. The Morgan fingerprint density at radius 1 is 0.730 bits per heavy atom. The minimum atomic E-state index is -0.386. The van der Waals surface area contributed by atoms with Crippen molar-refractivity contribution >= 4 is 27.1 Å². The SMILES string of the molecule is Cn1c(=O)c2c(nc(CN(Cc3ccccc3)Cc3ccccc3)n2Cc2ccc(Br)cc2)n(C)c1=O. The molecule has 0 amide bonds. The fourth-order valence-corrected chi connectivity index (χ4v) is 4.87. The Morgan fingerprint density at radius 2 is 1.30 bits per heavy atom. The highest BCUT2D eigenvalue weighted by Gasteiger charge is 2.21. The maximum atomic E-state index is 13.3. The normalized spacial score (nSPS) is 11.5. The van der Waals surface area contributed by atoms with E-state index in [9.17, 15) is 9.59 Å². The standard InChI is InChI=1S/C29H28BrN5O2/c1-32-27-26(28(36)33(2)29(32)37)35(19-23-13-15-24(30)16-14-23)25(31-27)20-34(17-21-9-5-3-6-10-21)18-22-11-7-4-8-12-22/h3-16H,17-20H2,1-2H3. The molecule has 5 rings (SSSR count). The van der Waals surface area contributed by atoms with Gasteiger partial charge in [0, 0.05) is 38.2 Å². The van der Waals surface area contributed by atoms with E-state index in [0.717, 1.165) is 20.4 Å². The molecule has 0 unspecified atom stereocenters. The van der Waals surface area contributed by atoms with Gasteiger partial charge in [-0.05, 0) is 28.8 Å². The van der Waals surface area contributed by atoms with Crippen LogP contribution >= 0.6 is 15.9 Å². The predicted molar refractivity (Wildman–Crippen MR) is 149 cm³/mol. The van der Waals surface area contributed by atoms with Crippen LogP contribution in [-0.4, -0.2) is 23.6 Å². The first kappa shape index (κ1) is 24.9. The van der Waals surface area contributed by atoms with Crippen molar-refractivity contribution in [2.75, 3.05) is 0 Å². The molecule has 188 valence electrons. The fourth-order valence-electron chi connectivity index (χ4n) is 4.61. The molecule has 37 heavy (non-hydrogen) atoms. The molecule has 3 aromatic carbocycles. The lowest BCUT2D eigenvalue weighted by atomic mass is 10.1. The van der Waals surface area contributed by atoms with E-state index >= 15 is 0 Å². The third-order valence-corrected chi connectivity index (χ3v) is 7.07. The summed E-state index contributed by atoms with van der Waals surface area (Å²) in [6.45, 7) is 2.41. The zero-order valence-corrected chi connectivity index (χ0v) is 22.4. The van der Waals surface area contributed by atoms with Gasteiger partial charge < -0.3 is 4.57 Å². The van der Waals surface area contributed by atoms with Gasteiger partial charge in [-0.25, -0.2) is 9.78 Å². The molecule has 2 heterocycles. The van der Waals surface area contributed by atoms with Crippen molar-refractivity contribution in [3.05, 3.63) is 133 Å². The van der Waals surface area contributed by atoms with Crippen molar-refractivity contribution in [2.24, 2.45) is 14.1 Å². The Hall–Kier alpha value is -3.75. The van der Waals surface area contributed by atoms with E-state index in [1.165, 1.54) is 22.7 Å². The Labute approximate surface area is 223 Å². The number of hydrogen-bond donors (Lipinski definition) is 0. The van der Waals surface area contributed by atoms with Crippen LogP contribution in [0.5, 0.6) is 0 Å². The number of imidazole rings is 1. The van der Waals surface area contributed by atoms with Gasteiger partial charge in [-0.1, -0.05) is 88.7 Å². The van der Waals surface area contributed by atoms with Crippen LogP contribution in [0, 0.1) is 0 Å². The van der Waals surface area contributed by atoms with Gasteiger partial charge in [0.25, 0.3) is 5.56 Å². The number of nitrogens with zero attached hydrogens (tertiary/aromatic N) is 5. The minimum Gasteiger partial charge on any atom is -0.317 e. The van der Waals surface area contributed by atoms with E-state index in [0.29, 0.717) is 37.3 Å². The number of hydrogen-bond acceptors (Lipinski definition) is 4. The van der Waals surface area contributed by atoms with Crippen LogP contribution in [0.1, 0.15) is 22.5 Å². The van der Waals surface area contributed by atoms with Gasteiger partial charge >= 0.3 is 5.69 Å². The molecule has 0 saturated heterocycles. The zero-order valence-electron chi connectivity index (χ0n) is 20.8.